The van der Waals surface area contributed by atoms with E-state index in [1.165, 1.54) is 12.1 Å². The molecule has 0 spiro atoms. The number of hydrogen-bond acceptors (Lipinski definition) is 5. The van der Waals surface area contributed by atoms with Crippen LogP contribution < -0.4 is 5.32 Å². The third-order valence-electron chi connectivity index (χ3n) is 4.86. The number of nitrogens with one attached hydrogen (secondary N) is 1. The Bertz CT molecular complexity index is 1040. The van der Waals surface area contributed by atoms with Crippen molar-refractivity contribution in [2.45, 2.75) is 19.8 Å². The van der Waals surface area contributed by atoms with Gasteiger partial charge in [-0.1, -0.05) is 5.16 Å². The zero-order valence-electron chi connectivity index (χ0n) is 15.4. The van der Waals surface area contributed by atoms with Crippen LogP contribution in [0.2, 0.25) is 0 Å². The summed E-state index contributed by atoms with van der Waals surface area (Å²) < 4.78 is 18.5. The van der Waals surface area contributed by atoms with Gasteiger partial charge in [0.15, 0.2) is 0 Å². The predicted molar refractivity (Wildman–Crippen MR) is 100 cm³/mol. The van der Waals surface area contributed by atoms with Gasteiger partial charge in [0.2, 0.25) is 5.91 Å². The van der Waals surface area contributed by atoms with E-state index in [4.69, 9.17) is 4.52 Å². The second-order valence-corrected chi connectivity index (χ2v) is 6.78. The zero-order chi connectivity index (χ0) is 19.7. The molecule has 1 aliphatic heterocycles. The molecule has 3 aromatic rings. The predicted octanol–water partition coefficient (Wildman–Crippen LogP) is 2.69. The molecule has 3 heterocycles. The first-order valence-electron chi connectivity index (χ1n) is 9.12. The Morgan fingerprint density at radius 1 is 1.21 bits per heavy atom. The van der Waals surface area contributed by atoms with Gasteiger partial charge in [0.1, 0.15) is 5.82 Å². The van der Waals surface area contributed by atoms with Gasteiger partial charge in [0, 0.05) is 18.7 Å². The summed E-state index contributed by atoms with van der Waals surface area (Å²) in [4.78, 5) is 31.2. The van der Waals surface area contributed by atoms with Gasteiger partial charge in [0.25, 0.3) is 11.6 Å². The van der Waals surface area contributed by atoms with E-state index in [-0.39, 0.29) is 24.0 Å². The van der Waals surface area contributed by atoms with E-state index in [9.17, 15) is 14.0 Å². The fourth-order valence-electron chi connectivity index (χ4n) is 3.37. The summed E-state index contributed by atoms with van der Waals surface area (Å²) in [5, 5.41) is 7.08. The van der Waals surface area contributed by atoms with Crippen LogP contribution in [-0.4, -0.2) is 46.5 Å². The highest BCUT2D eigenvalue weighted by Crippen LogP contribution is 2.27. The molecule has 8 heteroatoms. The van der Waals surface area contributed by atoms with Crippen molar-refractivity contribution in [3.63, 3.8) is 0 Å². The van der Waals surface area contributed by atoms with Crippen molar-refractivity contribution in [3.05, 3.63) is 47.4 Å². The number of pyridine rings is 1. The van der Waals surface area contributed by atoms with E-state index in [1.807, 2.05) is 0 Å². The lowest BCUT2D eigenvalue weighted by Crippen LogP contribution is -2.38. The minimum Gasteiger partial charge on any atom is -0.343 e. The average Bonchev–Trinajstić information content (AvgIpc) is 3.36. The standard InChI is InChI=1S/C20H19FN4O3/c1-12-18-15(19(27)22-11-17(26)25-8-2-3-9-25)10-16(23-20(18)28-24-12)13-4-6-14(21)7-5-13/h4-7,10H,2-3,8-9,11H2,1H3,(H,22,27). The van der Waals surface area contributed by atoms with Crippen molar-refractivity contribution < 1.29 is 18.5 Å². The lowest BCUT2D eigenvalue weighted by molar-refractivity contribution is -0.129. The summed E-state index contributed by atoms with van der Waals surface area (Å²) in [5.41, 5.74) is 2.16. The number of likely N-dealkylation sites (tertiary alicyclic amines) is 1. The van der Waals surface area contributed by atoms with Gasteiger partial charge in [-0.15, -0.1) is 0 Å². The Hall–Kier alpha value is -3.29. The van der Waals surface area contributed by atoms with Gasteiger partial charge < -0.3 is 14.7 Å². The fraction of sp³-hybridized carbons (Fsp3) is 0.300. The van der Waals surface area contributed by atoms with Crippen molar-refractivity contribution in [3.8, 4) is 11.3 Å². The van der Waals surface area contributed by atoms with Gasteiger partial charge in [-0.25, -0.2) is 9.37 Å². The van der Waals surface area contributed by atoms with Gasteiger partial charge in [0.05, 0.1) is 28.9 Å². The molecule has 1 aromatic carbocycles. The summed E-state index contributed by atoms with van der Waals surface area (Å²) in [6, 6.07) is 7.40. The highest BCUT2D eigenvalue weighted by molar-refractivity contribution is 6.07. The Balaban J connectivity index is 1.64. The van der Waals surface area contributed by atoms with Crippen molar-refractivity contribution in [1.82, 2.24) is 20.4 Å². The molecular weight excluding hydrogens is 363 g/mol. The number of benzene rings is 1. The minimum absolute atomic E-state index is 0.0706. The Morgan fingerprint density at radius 2 is 1.93 bits per heavy atom. The molecule has 0 atom stereocenters. The molecule has 0 radical (unpaired) electrons. The molecular formula is C20H19FN4O3. The molecule has 0 aliphatic carbocycles. The minimum atomic E-state index is -0.408. The third kappa shape index (κ3) is 3.45. The van der Waals surface area contributed by atoms with E-state index in [0.717, 1.165) is 25.9 Å². The maximum absolute atomic E-state index is 13.2. The number of halogens is 1. The number of fused-ring (bicyclic) bond motifs is 1. The number of aryl methyl sites for hydroxylation is 1. The first kappa shape index (κ1) is 18.1. The molecule has 1 saturated heterocycles. The molecule has 0 saturated carbocycles. The molecule has 2 aromatic heterocycles. The molecule has 2 amide bonds. The molecule has 4 rings (SSSR count). The lowest BCUT2D eigenvalue weighted by atomic mass is 10.1. The molecule has 7 nitrogen and oxygen atoms in total. The second kappa shape index (κ2) is 7.38. The number of carbonyl (C=O) groups is 2. The van der Waals surface area contributed by atoms with E-state index in [2.05, 4.69) is 15.5 Å². The quantitative estimate of drug-likeness (QED) is 0.750. The van der Waals surface area contributed by atoms with Gasteiger partial charge >= 0.3 is 0 Å². The lowest BCUT2D eigenvalue weighted by Gasteiger charge is -2.15. The monoisotopic (exact) mass is 382 g/mol. The van der Waals surface area contributed by atoms with Crippen LogP contribution in [0.25, 0.3) is 22.4 Å². The van der Waals surface area contributed by atoms with Crippen LogP contribution in [0.4, 0.5) is 4.39 Å². The number of rotatable bonds is 4. The summed E-state index contributed by atoms with van der Waals surface area (Å²) in [6.45, 7) is 3.11. The van der Waals surface area contributed by atoms with E-state index in [1.54, 1.807) is 30.0 Å². The molecule has 0 unspecified atom stereocenters. The second-order valence-electron chi connectivity index (χ2n) is 6.78. The van der Waals surface area contributed by atoms with Crippen LogP contribution in [0, 0.1) is 12.7 Å². The molecule has 1 N–H and O–H groups in total. The number of aromatic nitrogens is 2. The van der Waals surface area contributed by atoms with Crippen molar-refractivity contribution in [1.29, 1.82) is 0 Å². The maximum Gasteiger partial charge on any atom is 0.259 e. The van der Waals surface area contributed by atoms with E-state index >= 15 is 0 Å². The highest BCUT2D eigenvalue weighted by atomic mass is 19.1. The van der Waals surface area contributed by atoms with Crippen LogP contribution in [0.1, 0.15) is 28.9 Å². The zero-order valence-corrected chi connectivity index (χ0v) is 15.4. The molecule has 1 fully saturated rings. The van der Waals surface area contributed by atoms with Crippen molar-refractivity contribution >= 4 is 22.9 Å². The number of amides is 2. The summed E-state index contributed by atoms with van der Waals surface area (Å²) in [5.74, 6) is -0.870. The molecule has 28 heavy (non-hydrogen) atoms. The van der Waals surface area contributed by atoms with E-state index in [0.29, 0.717) is 27.9 Å². The highest BCUT2D eigenvalue weighted by Gasteiger charge is 2.22. The number of carbonyl (C=O) groups excluding carboxylic acids is 2. The molecule has 0 bridgehead atoms. The van der Waals surface area contributed by atoms with E-state index < -0.39 is 5.91 Å². The van der Waals surface area contributed by atoms with Crippen molar-refractivity contribution in [2.75, 3.05) is 19.6 Å². The molecule has 144 valence electrons. The largest absolute Gasteiger partial charge is 0.343 e. The van der Waals surface area contributed by atoms with Crippen LogP contribution in [-0.2, 0) is 4.79 Å². The first-order valence-corrected chi connectivity index (χ1v) is 9.12. The molecule has 1 aliphatic rings. The number of nitrogens with zero attached hydrogens (tertiary/aromatic N) is 3. The SMILES string of the molecule is Cc1noc2nc(-c3ccc(F)cc3)cc(C(=O)NCC(=O)N3CCCC3)c12. The normalized spacial score (nSPS) is 13.9. The summed E-state index contributed by atoms with van der Waals surface area (Å²) in [6.07, 6.45) is 1.98. The topological polar surface area (TPSA) is 88.3 Å². The van der Waals surface area contributed by atoms with Crippen LogP contribution >= 0.6 is 0 Å². The van der Waals surface area contributed by atoms with Gasteiger partial charge in [-0.3, -0.25) is 9.59 Å². The van der Waals surface area contributed by atoms with Crippen LogP contribution in [0.5, 0.6) is 0 Å². The fourth-order valence-corrected chi connectivity index (χ4v) is 3.37. The number of hydrogen-bond donors (Lipinski definition) is 1. The third-order valence-corrected chi connectivity index (χ3v) is 4.86. The van der Waals surface area contributed by atoms with Gasteiger partial charge in [-0.2, -0.15) is 0 Å². The Morgan fingerprint density at radius 3 is 2.64 bits per heavy atom. The Labute approximate surface area is 160 Å². The Kier molecular flexibility index (Phi) is 4.77. The summed E-state index contributed by atoms with van der Waals surface area (Å²) >= 11 is 0. The summed E-state index contributed by atoms with van der Waals surface area (Å²) in [7, 11) is 0. The smallest absolute Gasteiger partial charge is 0.259 e. The van der Waals surface area contributed by atoms with Crippen molar-refractivity contribution in [2.24, 2.45) is 0 Å². The van der Waals surface area contributed by atoms with Crippen LogP contribution in [0.15, 0.2) is 34.9 Å². The van der Waals surface area contributed by atoms with Gasteiger partial charge in [-0.05, 0) is 50.1 Å². The maximum atomic E-state index is 13.2. The van der Waals surface area contributed by atoms with Crippen LogP contribution in [0.3, 0.4) is 0 Å². The average molecular weight is 382 g/mol. The first-order chi connectivity index (χ1) is 13.5.